The molecule has 2 heteroatoms. The third-order valence-corrected chi connectivity index (χ3v) is 3.65. The molecule has 1 aromatic heterocycles. The summed E-state index contributed by atoms with van der Waals surface area (Å²) in [6.07, 6.45) is 1.06. The van der Waals surface area contributed by atoms with Gasteiger partial charge in [0.1, 0.15) is 0 Å². The minimum Gasteiger partial charge on any atom is -0.392 e. The van der Waals surface area contributed by atoms with Crippen molar-refractivity contribution in [2.75, 3.05) is 0 Å². The first-order valence-corrected chi connectivity index (χ1v) is 5.74. The molecular formula is C12H14OS. The minimum atomic E-state index is 0.145. The topological polar surface area (TPSA) is 20.2 Å². The molecule has 14 heavy (non-hydrogen) atoms. The lowest BCUT2D eigenvalue weighted by atomic mass is 10.0. The lowest BCUT2D eigenvalue weighted by Crippen LogP contribution is -1.85. The number of thiophene rings is 1. The molecule has 0 unspecified atom stereocenters. The van der Waals surface area contributed by atoms with E-state index in [0.717, 1.165) is 12.0 Å². The minimum absolute atomic E-state index is 0.145. The van der Waals surface area contributed by atoms with Gasteiger partial charge < -0.3 is 5.11 Å². The number of hydrogen-bond acceptors (Lipinski definition) is 2. The first-order valence-electron chi connectivity index (χ1n) is 4.86. The van der Waals surface area contributed by atoms with E-state index in [4.69, 9.17) is 0 Å². The van der Waals surface area contributed by atoms with Crippen LogP contribution in [-0.2, 0) is 13.0 Å². The first-order chi connectivity index (χ1) is 6.76. The van der Waals surface area contributed by atoms with Crippen molar-refractivity contribution in [2.45, 2.75) is 26.9 Å². The third kappa shape index (κ3) is 1.45. The van der Waals surface area contributed by atoms with E-state index in [1.807, 2.05) is 0 Å². The smallest absolute Gasteiger partial charge is 0.0696 e. The Bertz CT molecular complexity index is 457. The first kappa shape index (κ1) is 9.69. The quantitative estimate of drug-likeness (QED) is 0.799. The van der Waals surface area contributed by atoms with Gasteiger partial charge in [-0.05, 0) is 35.2 Å². The van der Waals surface area contributed by atoms with Crippen molar-refractivity contribution in [1.82, 2.24) is 0 Å². The van der Waals surface area contributed by atoms with Gasteiger partial charge in [-0.3, -0.25) is 0 Å². The van der Waals surface area contributed by atoms with Gasteiger partial charge in [-0.1, -0.05) is 24.6 Å². The predicted molar refractivity (Wildman–Crippen MR) is 61.9 cm³/mol. The average molecular weight is 206 g/mol. The number of fused-ring (bicyclic) bond motifs is 1. The Labute approximate surface area is 88.0 Å². The summed E-state index contributed by atoms with van der Waals surface area (Å²) in [6, 6.07) is 4.40. The van der Waals surface area contributed by atoms with Crippen LogP contribution in [-0.4, -0.2) is 5.11 Å². The van der Waals surface area contributed by atoms with Crippen LogP contribution in [0, 0.1) is 6.92 Å². The molecule has 0 aliphatic carbocycles. The molecule has 0 saturated carbocycles. The maximum Gasteiger partial charge on any atom is 0.0696 e. The van der Waals surface area contributed by atoms with E-state index >= 15 is 0 Å². The number of aliphatic hydroxyl groups is 1. The fraction of sp³-hybridized carbons (Fsp3) is 0.333. The van der Waals surface area contributed by atoms with Crippen LogP contribution in [0.15, 0.2) is 17.5 Å². The lowest BCUT2D eigenvalue weighted by Gasteiger charge is -2.02. The van der Waals surface area contributed by atoms with E-state index in [1.165, 1.54) is 21.2 Å². The van der Waals surface area contributed by atoms with E-state index in [1.54, 1.807) is 11.3 Å². The molecule has 74 valence electrons. The van der Waals surface area contributed by atoms with Crippen LogP contribution in [0.3, 0.4) is 0 Å². The molecule has 0 spiro atoms. The summed E-state index contributed by atoms with van der Waals surface area (Å²) in [4.78, 5) is 0. The van der Waals surface area contributed by atoms with Gasteiger partial charge in [0.25, 0.3) is 0 Å². The monoisotopic (exact) mass is 206 g/mol. The molecule has 0 aliphatic heterocycles. The number of benzene rings is 1. The Balaban J connectivity index is 2.76. The van der Waals surface area contributed by atoms with E-state index in [2.05, 4.69) is 31.4 Å². The number of aryl methyl sites for hydroxylation is 2. The van der Waals surface area contributed by atoms with Crippen LogP contribution in [0.1, 0.15) is 23.6 Å². The maximum atomic E-state index is 9.19. The molecule has 2 rings (SSSR count). The van der Waals surface area contributed by atoms with Gasteiger partial charge in [0.2, 0.25) is 0 Å². The second-order valence-corrected chi connectivity index (χ2v) is 4.45. The second kappa shape index (κ2) is 3.71. The third-order valence-electron chi connectivity index (χ3n) is 2.53. The van der Waals surface area contributed by atoms with Crippen molar-refractivity contribution in [1.29, 1.82) is 0 Å². The molecule has 0 saturated heterocycles. The number of rotatable bonds is 2. The molecule has 1 heterocycles. The van der Waals surface area contributed by atoms with Crippen molar-refractivity contribution < 1.29 is 5.11 Å². The zero-order chi connectivity index (χ0) is 10.1. The molecule has 0 atom stereocenters. The van der Waals surface area contributed by atoms with Crippen LogP contribution >= 0.6 is 11.3 Å². The van der Waals surface area contributed by atoms with Gasteiger partial charge in [0.05, 0.1) is 6.61 Å². The molecule has 0 radical (unpaired) electrons. The van der Waals surface area contributed by atoms with Crippen LogP contribution in [0.2, 0.25) is 0 Å². The highest BCUT2D eigenvalue weighted by atomic mass is 32.1. The van der Waals surface area contributed by atoms with Gasteiger partial charge >= 0.3 is 0 Å². The Hall–Kier alpha value is -0.860. The Morgan fingerprint density at radius 1 is 1.29 bits per heavy atom. The Morgan fingerprint density at radius 2 is 2.07 bits per heavy atom. The highest BCUT2D eigenvalue weighted by Crippen LogP contribution is 2.30. The second-order valence-electron chi connectivity index (χ2n) is 3.57. The molecule has 1 nitrogen and oxygen atoms in total. The Kier molecular flexibility index (Phi) is 2.57. The summed E-state index contributed by atoms with van der Waals surface area (Å²) in [5.41, 5.74) is 3.73. The molecule has 1 aromatic carbocycles. The number of hydrogen-bond donors (Lipinski definition) is 1. The summed E-state index contributed by atoms with van der Waals surface area (Å²) in [5.74, 6) is 0. The molecule has 0 amide bonds. The Morgan fingerprint density at radius 3 is 2.71 bits per heavy atom. The fourth-order valence-electron chi connectivity index (χ4n) is 1.80. The molecule has 0 bridgehead atoms. The van der Waals surface area contributed by atoms with E-state index in [0.29, 0.717) is 0 Å². The zero-order valence-corrected chi connectivity index (χ0v) is 9.32. The zero-order valence-electron chi connectivity index (χ0n) is 8.50. The van der Waals surface area contributed by atoms with Crippen LogP contribution in [0.4, 0.5) is 0 Å². The van der Waals surface area contributed by atoms with Crippen LogP contribution < -0.4 is 0 Å². The van der Waals surface area contributed by atoms with Crippen LogP contribution in [0.25, 0.3) is 10.1 Å². The van der Waals surface area contributed by atoms with Crippen LogP contribution in [0.5, 0.6) is 0 Å². The molecule has 0 fully saturated rings. The van der Waals surface area contributed by atoms with E-state index in [9.17, 15) is 5.11 Å². The molecular weight excluding hydrogens is 192 g/mol. The van der Waals surface area contributed by atoms with Crippen molar-refractivity contribution in [3.8, 4) is 0 Å². The average Bonchev–Trinajstić information content (AvgIpc) is 2.59. The van der Waals surface area contributed by atoms with Gasteiger partial charge in [-0.2, -0.15) is 0 Å². The van der Waals surface area contributed by atoms with Gasteiger partial charge in [0, 0.05) is 4.70 Å². The summed E-state index contributed by atoms with van der Waals surface area (Å²) in [7, 11) is 0. The van der Waals surface area contributed by atoms with Crippen molar-refractivity contribution in [3.05, 3.63) is 34.2 Å². The predicted octanol–water partition coefficient (Wildman–Crippen LogP) is 3.26. The van der Waals surface area contributed by atoms with Crippen molar-refractivity contribution in [3.63, 3.8) is 0 Å². The van der Waals surface area contributed by atoms with E-state index in [-0.39, 0.29) is 6.61 Å². The fourth-order valence-corrected chi connectivity index (χ4v) is 2.94. The molecule has 0 aliphatic rings. The largest absolute Gasteiger partial charge is 0.392 e. The number of aliphatic hydroxyl groups excluding tert-OH is 1. The van der Waals surface area contributed by atoms with Gasteiger partial charge in [-0.25, -0.2) is 0 Å². The van der Waals surface area contributed by atoms with E-state index < -0.39 is 0 Å². The normalized spacial score (nSPS) is 11.1. The van der Waals surface area contributed by atoms with Gasteiger partial charge in [-0.15, -0.1) is 11.3 Å². The van der Waals surface area contributed by atoms with Gasteiger partial charge in [0.15, 0.2) is 0 Å². The standard InChI is InChI=1S/C12H14OS/c1-3-9-4-8(2)5-11-10(6-13)7-14-12(9)11/h4-5,7,13H,3,6H2,1-2H3. The summed E-state index contributed by atoms with van der Waals surface area (Å²) >= 11 is 1.74. The summed E-state index contributed by atoms with van der Waals surface area (Å²) in [5, 5.41) is 12.5. The summed E-state index contributed by atoms with van der Waals surface area (Å²) in [6.45, 7) is 4.43. The summed E-state index contributed by atoms with van der Waals surface area (Å²) < 4.78 is 1.34. The highest BCUT2D eigenvalue weighted by molar-refractivity contribution is 7.17. The molecule has 2 aromatic rings. The van der Waals surface area contributed by atoms with Crippen molar-refractivity contribution >= 4 is 21.4 Å². The SMILES string of the molecule is CCc1cc(C)cc2c(CO)csc12. The highest BCUT2D eigenvalue weighted by Gasteiger charge is 2.07. The molecule has 1 N–H and O–H groups in total. The lowest BCUT2D eigenvalue weighted by molar-refractivity contribution is 0.284. The van der Waals surface area contributed by atoms with Crippen molar-refractivity contribution in [2.24, 2.45) is 0 Å². The maximum absolute atomic E-state index is 9.19.